The van der Waals surface area contributed by atoms with Crippen molar-refractivity contribution in [2.75, 3.05) is 27.3 Å². The first kappa shape index (κ1) is 18.3. The molecule has 0 radical (unpaired) electrons. The van der Waals surface area contributed by atoms with Gasteiger partial charge >= 0.3 is 0 Å². The normalized spacial score (nSPS) is 16.2. The van der Waals surface area contributed by atoms with Gasteiger partial charge in [-0.05, 0) is 43.2 Å². The fourth-order valence-corrected chi connectivity index (χ4v) is 3.78. The van der Waals surface area contributed by atoms with E-state index in [0.717, 1.165) is 10.9 Å². The van der Waals surface area contributed by atoms with Crippen molar-refractivity contribution in [3.05, 3.63) is 54.0 Å². The molecule has 28 heavy (non-hydrogen) atoms. The number of aromatic amines is 1. The fourth-order valence-electron chi connectivity index (χ4n) is 3.78. The molecule has 146 valence electrons. The molecule has 1 amide bonds. The van der Waals surface area contributed by atoms with Gasteiger partial charge in [0.05, 0.1) is 25.4 Å². The van der Waals surface area contributed by atoms with Gasteiger partial charge in [0.15, 0.2) is 0 Å². The van der Waals surface area contributed by atoms with Crippen LogP contribution in [0.1, 0.15) is 29.0 Å². The number of methoxy groups -OCH3 is 2. The van der Waals surface area contributed by atoms with Crippen molar-refractivity contribution in [1.82, 2.24) is 14.9 Å². The summed E-state index contributed by atoms with van der Waals surface area (Å²) in [6.45, 7) is 0.908. The van der Waals surface area contributed by atoms with Crippen LogP contribution in [0.25, 0.3) is 10.9 Å². The second kappa shape index (κ2) is 7.16. The van der Waals surface area contributed by atoms with Crippen molar-refractivity contribution in [3.8, 4) is 11.5 Å². The topological polar surface area (TPSA) is 87.7 Å². The van der Waals surface area contributed by atoms with Crippen LogP contribution in [-0.2, 0) is 5.60 Å². The minimum Gasteiger partial charge on any atom is -0.496 e. The predicted molar refractivity (Wildman–Crippen MR) is 105 cm³/mol. The molecule has 1 saturated heterocycles. The van der Waals surface area contributed by atoms with Gasteiger partial charge in [0.25, 0.3) is 5.91 Å². The van der Waals surface area contributed by atoms with Gasteiger partial charge in [0, 0.05) is 24.7 Å². The number of hydrogen-bond donors (Lipinski definition) is 2. The number of rotatable bonds is 4. The lowest BCUT2D eigenvalue weighted by Gasteiger charge is -2.37. The highest BCUT2D eigenvalue weighted by molar-refractivity contribution is 6.01. The lowest BCUT2D eigenvalue weighted by atomic mass is 9.87. The number of nitrogens with one attached hydrogen (secondary N) is 1. The molecule has 3 aromatic rings. The molecule has 2 N–H and O–H groups in total. The first-order valence-electron chi connectivity index (χ1n) is 9.22. The van der Waals surface area contributed by atoms with E-state index in [1.54, 1.807) is 37.4 Å². The Kier molecular flexibility index (Phi) is 4.68. The van der Waals surface area contributed by atoms with Crippen LogP contribution in [0, 0.1) is 0 Å². The van der Waals surface area contributed by atoms with Gasteiger partial charge in [-0.2, -0.15) is 0 Å². The highest BCUT2D eigenvalue weighted by Gasteiger charge is 2.37. The Morgan fingerprint density at radius 1 is 1.14 bits per heavy atom. The summed E-state index contributed by atoms with van der Waals surface area (Å²) in [5, 5.41) is 11.7. The molecule has 1 aliphatic rings. The molecular formula is C21H23N3O4. The molecule has 0 bridgehead atoms. The van der Waals surface area contributed by atoms with E-state index in [0.29, 0.717) is 48.8 Å². The number of benzene rings is 1. The molecule has 0 atom stereocenters. The Balaban J connectivity index is 1.56. The Hall–Kier alpha value is -3.06. The van der Waals surface area contributed by atoms with E-state index >= 15 is 0 Å². The molecule has 4 rings (SSSR count). The minimum absolute atomic E-state index is 0.108. The number of amides is 1. The van der Waals surface area contributed by atoms with Gasteiger partial charge < -0.3 is 24.5 Å². The molecule has 7 nitrogen and oxygen atoms in total. The van der Waals surface area contributed by atoms with Crippen molar-refractivity contribution < 1.29 is 19.4 Å². The van der Waals surface area contributed by atoms with Crippen molar-refractivity contribution in [2.45, 2.75) is 18.4 Å². The van der Waals surface area contributed by atoms with Gasteiger partial charge in [-0.15, -0.1) is 0 Å². The molecule has 0 unspecified atom stereocenters. The van der Waals surface area contributed by atoms with Crippen molar-refractivity contribution in [2.24, 2.45) is 0 Å². The number of pyridine rings is 1. The summed E-state index contributed by atoms with van der Waals surface area (Å²) in [7, 11) is 3.19. The van der Waals surface area contributed by atoms with Gasteiger partial charge in [-0.25, -0.2) is 0 Å². The van der Waals surface area contributed by atoms with Crippen LogP contribution in [0.15, 0.2) is 42.6 Å². The number of H-pyrrole nitrogens is 1. The number of aliphatic hydroxyl groups is 1. The molecule has 1 aromatic carbocycles. The Bertz CT molecular complexity index is 951. The minimum atomic E-state index is -0.995. The van der Waals surface area contributed by atoms with E-state index < -0.39 is 5.60 Å². The van der Waals surface area contributed by atoms with Crippen molar-refractivity contribution in [1.29, 1.82) is 0 Å². The molecule has 3 heterocycles. The zero-order chi connectivity index (χ0) is 19.7. The van der Waals surface area contributed by atoms with E-state index in [1.165, 1.54) is 0 Å². The largest absolute Gasteiger partial charge is 0.496 e. The van der Waals surface area contributed by atoms with Crippen LogP contribution in [-0.4, -0.2) is 53.2 Å². The van der Waals surface area contributed by atoms with Crippen LogP contribution >= 0.6 is 0 Å². The highest BCUT2D eigenvalue weighted by Crippen LogP contribution is 2.35. The standard InChI is InChI=1S/C21H23N3O4/c1-27-16-6-7-17(28-2)19-14(16)13-15(23-19)20(25)24-11-8-21(26,9-12-24)18-5-3-4-10-22-18/h3-7,10,13,23,26H,8-9,11-12H2,1-2H3. The third-order valence-corrected chi connectivity index (χ3v) is 5.41. The summed E-state index contributed by atoms with van der Waals surface area (Å²) in [6.07, 6.45) is 2.57. The summed E-state index contributed by atoms with van der Waals surface area (Å²) in [5.74, 6) is 1.22. The van der Waals surface area contributed by atoms with E-state index in [2.05, 4.69) is 9.97 Å². The smallest absolute Gasteiger partial charge is 0.270 e. The number of hydrogen-bond acceptors (Lipinski definition) is 5. The first-order chi connectivity index (χ1) is 13.6. The fraction of sp³-hybridized carbons (Fsp3) is 0.333. The predicted octanol–water partition coefficient (Wildman–Crippen LogP) is 2.70. The van der Waals surface area contributed by atoms with Crippen LogP contribution in [0.4, 0.5) is 0 Å². The Morgan fingerprint density at radius 3 is 2.50 bits per heavy atom. The number of ether oxygens (including phenoxy) is 2. The van der Waals surface area contributed by atoms with Gasteiger partial charge in [0.2, 0.25) is 0 Å². The number of nitrogens with zero attached hydrogens (tertiary/aromatic N) is 2. The molecular weight excluding hydrogens is 358 g/mol. The third-order valence-electron chi connectivity index (χ3n) is 5.41. The second-order valence-electron chi connectivity index (χ2n) is 6.98. The van der Waals surface area contributed by atoms with E-state index in [-0.39, 0.29) is 5.91 Å². The maximum absolute atomic E-state index is 13.0. The quantitative estimate of drug-likeness (QED) is 0.726. The monoisotopic (exact) mass is 381 g/mol. The van der Waals surface area contributed by atoms with Crippen molar-refractivity contribution >= 4 is 16.8 Å². The number of likely N-dealkylation sites (tertiary alicyclic amines) is 1. The molecule has 7 heteroatoms. The Labute approximate surface area is 162 Å². The van der Waals surface area contributed by atoms with Gasteiger partial charge in [0.1, 0.15) is 22.8 Å². The van der Waals surface area contributed by atoms with Crippen LogP contribution < -0.4 is 9.47 Å². The summed E-state index contributed by atoms with van der Waals surface area (Å²) < 4.78 is 10.8. The zero-order valence-corrected chi connectivity index (χ0v) is 15.9. The average Bonchev–Trinajstić information content (AvgIpc) is 3.19. The molecule has 0 aliphatic carbocycles. The maximum Gasteiger partial charge on any atom is 0.270 e. The average molecular weight is 381 g/mol. The SMILES string of the molecule is COc1ccc(OC)c2[nH]c(C(=O)N3CCC(O)(c4ccccn4)CC3)cc12. The lowest BCUT2D eigenvalue weighted by molar-refractivity contribution is -0.0245. The summed E-state index contributed by atoms with van der Waals surface area (Å²) >= 11 is 0. The molecule has 0 spiro atoms. The van der Waals surface area contributed by atoms with E-state index in [9.17, 15) is 9.90 Å². The number of carbonyl (C=O) groups is 1. The maximum atomic E-state index is 13.0. The number of piperidine rings is 1. The lowest BCUT2D eigenvalue weighted by Crippen LogP contribution is -2.45. The van der Waals surface area contributed by atoms with Crippen LogP contribution in [0.3, 0.4) is 0 Å². The number of fused-ring (bicyclic) bond motifs is 1. The van der Waals surface area contributed by atoms with Crippen molar-refractivity contribution in [3.63, 3.8) is 0 Å². The number of carbonyl (C=O) groups excluding carboxylic acids is 1. The zero-order valence-electron chi connectivity index (χ0n) is 15.9. The molecule has 0 saturated carbocycles. The highest BCUT2D eigenvalue weighted by atomic mass is 16.5. The second-order valence-corrected chi connectivity index (χ2v) is 6.98. The van der Waals surface area contributed by atoms with Gasteiger partial charge in [-0.1, -0.05) is 6.07 Å². The Morgan fingerprint density at radius 2 is 1.86 bits per heavy atom. The summed E-state index contributed by atoms with van der Waals surface area (Å²) in [4.78, 5) is 22.2. The molecule has 1 aliphatic heterocycles. The summed E-state index contributed by atoms with van der Waals surface area (Å²) in [6, 6.07) is 10.9. The number of aromatic nitrogens is 2. The van der Waals surface area contributed by atoms with Crippen LogP contribution in [0.5, 0.6) is 11.5 Å². The molecule has 1 fully saturated rings. The van der Waals surface area contributed by atoms with E-state index in [4.69, 9.17) is 9.47 Å². The first-order valence-corrected chi connectivity index (χ1v) is 9.22. The summed E-state index contributed by atoms with van der Waals surface area (Å²) in [5.41, 5.74) is 0.862. The van der Waals surface area contributed by atoms with Gasteiger partial charge in [-0.3, -0.25) is 9.78 Å². The van der Waals surface area contributed by atoms with E-state index in [1.807, 2.05) is 24.3 Å². The third kappa shape index (κ3) is 3.07. The van der Waals surface area contributed by atoms with Crippen LogP contribution in [0.2, 0.25) is 0 Å². The molecule has 2 aromatic heterocycles.